The highest BCUT2D eigenvalue weighted by Gasteiger charge is 2.30. The van der Waals surface area contributed by atoms with Crippen LogP contribution in [-0.4, -0.2) is 55.4 Å². The van der Waals surface area contributed by atoms with Crippen molar-refractivity contribution in [1.29, 1.82) is 0 Å². The van der Waals surface area contributed by atoms with E-state index in [4.69, 9.17) is 0 Å². The number of nitrogens with zero attached hydrogens (tertiary/aromatic N) is 1. The lowest BCUT2D eigenvalue weighted by Crippen LogP contribution is -2.54. The molecule has 5 heteroatoms. The Morgan fingerprint density at radius 1 is 1.33 bits per heavy atom. The number of rotatable bonds is 6. The molecule has 1 aliphatic carbocycles. The molecular formula is C16H33N3O2. The second kappa shape index (κ2) is 7.99. The van der Waals surface area contributed by atoms with E-state index in [-0.39, 0.29) is 36.1 Å². The second-order valence-corrected chi connectivity index (χ2v) is 7.40. The fourth-order valence-corrected chi connectivity index (χ4v) is 3.17. The Hall–Kier alpha value is -0.810. The van der Waals surface area contributed by atoms with E-state index >= 15 is 0 Å². The Morgan fingerprint density at radius 2 is 1.95 bits per heavy atom. The zero-order chi connectivity index (χ0) is 16.0. The van der Waals surface area contributed by atoms with E-state index in [1.54, 1.807) is 0 Å². The third-order valence-corrected chi connectivity index (χ3v) is 4.70. The third kappa shape index (κ3) is 5.83. The van der Waals surface area contributed by atoms with Crippen LogP contribution < -0.4 is 10.6 Å². The number of carbonyl (C=O) groups is 1. The number of aliphatic hydroxyl groups excluding tert-OH is 1. The predicted molar refractivity (Wildman–Crippen MR) is 86.3 cm³/mol. The van der Waals surface area contributed by atoms with Crippen LogP contribution in [0.2, 0.25) is 0 Å². The van der Waals surface area contributed by atoms with Gasteiger partial charge in [0.2, 0.25) is 0 Å². The van der Waals surface area contributed by atoms with E-state index in [2.05, 4.69) is 29.4 Å². The number of nitrogens with one attached hydrogen (secondary N) is 2. The number of carbonyl (C=O) groups excluding carboxylic acids is 1. The van der Waals surface area contributed by atoms with Gasteiger partial charge in [-0.2, -0.15) is 0 Å². The molecule has 0 aromatic rings. The molecule has 1 rings (SSSR count). The Kier molecular flexibility index (Phi) is 6.94. The maximum atomic E-state index is 12.2. The van der Waals surface area contributed by atoms with Crippen molar-refractivity contribution in [3.8, 4) is 0 Å². The van der Waals surface area contributed by atoms with Crippen molar-refractivity contribution in [3.05, 3.63) is 0 Å². The van der Waals surface area contributed by atoms with Crippen molar-refractivity contribution in [2.45, 2.75) is 58.5 Å². The van der Waals surface area contributed by atoms with E-state index in [1.165, 1.54) is 0 Å². The number of amides is 2. The molecule has 1 aliphatic rings. The third-order valence-electron chi connectivity index (χ3n) is 4.70. The van der Waals surface area contributed by atoms with Crippen LogP contribution in [-0.2, 0) is 0 Å². The quantitative estimate of drug-likeness (QED) is 0.701. The smallest absolute Gasteiger partial charge is 0.315 e. The van der Waals surface area contributed by atoms with Gasteiger partial charge in [0.25, 0.3) is 0 Å². The Balaban J connectivity index is 2.48. The molecule has 0 saturated heterocycles. The lowest BCUT2D eigenvalue weighted by Gasteiger charge is -2.36. The zero-order valence-corrected chi connectivity index (χ0v) is 14.3. The van der Waals surface area contributed by atoms with Crippen LogP contribution in [0.3, 0.4) is 0 Å². The minimum absolute atomic E-state index is 0.00375. The summed E-state index contributed by atoms with van der Waals surface area (Å²) in [4.78, 5) is 14.3. The summed E-state index contributed by atoms with van der Waals surface area (Å²) in [6, 6.07) is 0.0728. The van der Waals surface area contributed by atoms with Gasteiger partial charge in [-0.3, -0.25) is 0 Å². The zero-order valence-electron chi connectivity index (χ0n) is 14.3. The molecule has 0 aromatic heterocycles. The molecule has 3 atom stereocenters. The number of urea groups is 1. The SMILES string of the molecule is CC(NC(=O)NC1CCCCC1CO)C(C)(C)CN(C)C. The van der Waals surface area contributed by atoms with Crippen LogP contribution in [0.25, 0.3) is 0 Å². The first kappa shape index (κ1) is 18.2. The van der Waals surface area contributed by atoms with Crippen LogP contribution in [0.5, 0.6) is 0 Å². The Bertz CT molecular complexity index is 331. The van der Waals surface area contributed by atoms with Crippen molar-refractivity contribution in [2.75, 3.05) is 27.2 Å². The van der Waals surface area contributed by atoms with Gasteiger partial charge in [-0.25, -0.2) is 4.79 Å². The summed E-state index contributed by atoms with van der Waals surface area (Å²) < 4.78 is 0. The van der Waals surface area contributed by atoms with Crippen LogP contribution in [0, 0.1) is 11.3 Å². The molecule has 2 amide bonds. The van der Waals surface area contributed by atoms with Crippen LogP contribution >= 0.6 is 0 Å². The summed E-state index contributed by atoms with van der Waals surface area (Å²) >= 11 is 0. The first-order chi connectivity index (χ1) is 9.76. The second-order valence-electron chi connectivity index (χ2n) is 7.40. The van der Waals surface area contributed by atoms with Gasteiger partial charge in [0.05, 0.1) is 0 Å². The van der Waals surface area contributed by atoms with Gasteiger partial charge in [-0.1, -0.05) is 26.7 Å². The largest absolute Gasteiger partial charge is 0.396 e. The van der Waals surface area contributed by atoms with E-state index in [1.807, 2.05) is 21.0 Å². The van der Waals surface area contributed by atoms with Gasteiger partial charge in [-0.05, 0) is 39.3 Å². The lowest BCUT2D eigenvalue weighted by molar-refractivity contribution is 0.147. The first-order valence-corrected chi connectivity index (χ1v) is 8.09. The number of aliphatic hydroxyl groups is 1. The molecule has 21 heavy (non-hydrogen) atoms. The molecular weight excluding hydrogens is 266 g/mol. The van der Waals surface area contributed by atoms with Gasteiger partial charge < -0.3 is 20.6 Å². The summed E-state index contributed by atoms with van der Waals surface area (Å²) in [7, 11) is 4.09. The van der Waals surface area contributed by atoms with Gasteiger partial charge >= 0.3 is 6.03 Å². The fourth-order valence-electron chi connectivity index (χ4n) is 3.17. The van der Waals surface area contributed by atoms with Crippen molar-refractivity contribution >= 4 is 6.03 Å². The summed E-state index contributed by atoms with van der Waals surface area (Å²) in [6.07, 6.45) is 4.25. The van der Waals surface area contributed by atoms with E-state index in [9.17, 15) is 9.90 Å². The molecule has 0 aliphatic heterocycles. The normalized spacial score (nSPS) is 24.7. The average Bonchev–Trinajstić information content (AvgIpc) is 2.37. The number of hydrogen-bond donors (Lipinski definition) is 3. The van der Waals surface area contributed by atoms with Crippen molar-refractivity contribution in [2.24, 2.45) is 11.3 Å². The van der Waals surface area contributed by atoms with Crippen molar-refractivity contribution in [1.82, 2.24) is 15.5 Å². The van der Waals surface area contributed by atoms with Gasteiger partial charge in [-0.15, -0.1) is 0 Å². The minimum atomic E-state index is -0.111. The molecule has 0 heterocycles. The molecule has 124 valence electrons. The van der Waals surface area contributed by atoms with E-state index < -0.39 is 0 Å². The summed E-state index contributed by atoms with van der Waals surface area (Å²) in [5, 5.41) is 15.5. The van der Waals surface area contributed by atoms with Gasteiger partial charge in [0.15, 0.2) is 0 Å². The van der Waals surface area contributed by atoms with Gasteiger partial charge in [0.1, 0.15) is 0 Å². The highest BCUT2D eigenvalue weighted by atomic mass is 16.3. The highest BCUT2D eigenvalue weighted by molar-refractivity contribution is 5.74. The summed E-state index contributed by atoms with van der Waals surface area (Å²) in [5.41, 5.74) is 0.00375. The first-order valence-electron chi connectivity index (χ1n) is 8.09. The van der Waals surface area contributed by atoms with Crippen LogP contribution in [0.4, 0.5) is 4.79 Å². The van der Waals surface area contributed by atoms with E-state index in [0.29, 0.717) is 0 Å². The molecule has 3 N–H and O–H groups in total. The molecule has 5 nitrogen and oxygen atoms in total. The molecule has 0 bridgehead atoms. The van der Waals surface area contributed by atoms with Crippen LogP contribution in [0.15, 0.2) is 0 Å². The Labute approximate surface area is 129 Å². The summed E-state index contributed by atoms with van der Waals surface area (Å²) in [6.45, 7) is 7.45. The lowest BCUT2D eigenvalue weighted by atomic mass is 9.84. The van der Waals surface area contributed by atoms with Crippen molar-refractivity contribution < 1.29 is 9.90 Å². The average molecular weight is 299 g/mol. The molecule has 0 radical (unpaired) electrons. The van der Waals surface area contributed by atoms with E-state index in [0.717, 1.165) is 32.2 Å². The van der Waals surface area contributed by atoms with Crippen molar-refractivity contribution in [3.63, 3.8) is 0 Å². The minimum Gasteiger partial charge on any atom is -0.396 e. The maximum absolute atomic E-state index is 12.2. The monoisotopic (exact) mass is 299 g/mol. The topological polar surface area (TPSA) is 64.6 Å². The maximum Gasteiger partial charge on any atom is 0.315 e. The molecule has 3 unspecified atom stereocenters. The molecule has 0 spiro atoms. The molecule has 1 saturated carbocycles. The highest BCUT2D eigenvalue weighted by Crippen LogP contribution is 2.24. The molecule has 0 aromatic carbocycles. The molecule has 1 fully saturated rings. The number of hydrogen-bond acceptors (Lipinski definition) is 3. The predicted octanol–water partition coefficient (Wildman–Crippen LogP) is 1.81. The van der Waals surface area contributed by atoms with Crippen LogP contribution in [0.1, 0.15) is 46.5 Å². The Morgan fingerprint density at radius 3 is 2.52 bits per heavy atom. The fraction of sp³-hybridized carbons (Fsp3) is 0.938. The van der Waals surface area contributed by atoms with Gasteiger partial charge in [0, 0.05) is 31.2 Å². The standard InChI is InChI=1S/C16H33N3O2/c1-12(16(2,3)11-19(4)5)17-15(21)18-14-9-7-6-8-13(14)10-20/h12-14,20H,6-11H2,1-5H3,(H2,17,18,21). The summed E-state index contributed by atoms with van der Waals surface area (Å²) in [5.74, 6) is 0.203.